The SMILES string of the molecule is CN[C@@H](c1ccc(Cl)o1)C(C)(C)C. The van der Waals surface area contributed by atoms with Crippen LogP contribution in [0.25, 0.3) is 0 Å². The molecule has 1 aromatic rings. The molecule has 0 fully saturated rings. The normalized spacial score (nSPS) is 14.5. The molecular weight excluding hydrogens is 186 g/mol. The smallest absolute Gasteiger partial charge is 0.193 e. The van der Waals surface area contributed by atoms with Gasteiger partial charge in [-0.15, -0.1) is 0 Å². The molecular formula is C10H16ClNO. The van der Waals surface area contributed by atoms with E-state index in [1.807, 2.05) is 13.1 Å². The van der Waals surface area contributed by atoms with Gasteiger partial charge in [0.1, 0.15) is 5.76 Å². The van der Waals surface area contributed by atoms with Crippen LogP contribution in [0.5, 0.6) is 0 Å². The van der Waals surface area contributed by atoms with E-state index in [1.54, 1.807) is 6.07 Å². The summed E-state index contributed by atoms with van der Waals surface area (Å²) in [6.45, 7) is 6.47. The summed E-state index contributed by atoms with van der Waals surface area (Å²) in [5, 5.41) is 3.66. The Bertz CT molecular complexity index is 275. The lowest BCUT2D eigenvalue weighted by atomic mass is 9.85. The number of hydrogen-bond acceptors (Lipinski definition) is 2. The standard InChI is InChI=1S/C10H16ClNO/c1-10(2,3)9(12-4)7-5-6-8(11)13-7/h5-6,9,12H,1-4H3/t9-/m0/s1. The predicted octanol–water partition coefficient (Wildman–Crippen LogP) is 3.24. The molecule has 1 heterocycles. The van der Waals surface area contributed by atoms with Crippen LogP contribution in [-0.4, -0.2) is 7.05 Å². The highest BCUT2D eigenvalue weighted by Crippen LogP contribution is 2.33. The van der Waals surface area contributed by atoms with E-state index in [9.17, 15) is 0 Å². The second-order valence-corrected chi connectivity index (χ2v) is 4.60. The average Bonchev–Trinajstić information content (AvgIpc) is 2.34. The Kier molecular flexibility index (Phi) is 3.04. The predicted molar refractivity (Wildman–Crippen MR) is 55.0 cm³/mol. The summed E-state index contributed by atoms with van der Waals surface area (Å²) in [4.78, 5) is 0. The van der Waals surface area contributed by atoms with Crippen molar-refractivity contribution in [3.8, 4) is 0 Å². The Morgan fingerprint density at radius 2 is 2.00 bits per heavy atom. The quantitative estimate of drug-likeness (QED) is 0.795. The molecule has 2 nitrogen and oxygen atoms in total. The molecule has 1 N–H and O–H groups in total. The van der Waals surface area contributed by atoms with E-state index < -0.39 is 0 Å². The van der Waals surface area contributed by atoms with Gasteiger partial charge >= 0.3 is 0 Å². The minimum atomic E-state index is 0.121. The lowest BCUT2D eigenvalue weighted by Crippen LogP contribution is -2.29. The van der Waals surface area contributed by atoms with Gasteiger partial charge in [-0.25, -0.2) is 0 Å². The van der Waals surface area contributed by atoms with Crippen LogP contribution < -0.4 is 5.32 Å². The van der Waals surface area contributed by atoms with Crippen molar-refractivity contribution in [1.29, 1.82) is 0 Å². The molecule has 0 aromatic carbocycles. The molecule has 0 bridgehead atoms. The maximum atomic E-state index is 5.72. The molecule has 0 radical (unpaired) electrons. The van der Waals surface area contributed by atoms with Crippen molar-refractivity contribution in [3.63, 3.8) is 0 Å². The number of furan rings is 1. The molecule has 0 saturated heterocycles. The van der Waals surface area contributed by atoms with E-state index in [0.717, 1.165) is 5.76 Å². The van der Waals surface area contributed by atoms with Crippen molar-refractivity contribution in [3.05, 3.63) is 23.1 Å². The molecule has 1 aromatic heterocycles. The van der Waals surface area contributed by atoms with Crippen LogP contribution in [0.1, 0.15) is 32.6 Å². The van der Waals surface area contributed by atoms with Crippen molar-refractivity contribution >= 4 is 11.6 Å². The van der Waals surface area contributed by atoms with Gasteiger partial charge in [-0.05, 0) is 36.2 Å². The van der Waals surface area contributed by atoms with Gasteiger partial charge in [0.15, 0.2) is 5.22 Å². The van der Waals surface area contributed by atoms with E-state index in [4.69, 9.17) is 16.0 Å². The summed E-state index contributed by atoms with van der Waals surface area (Å²) >= 11 is 5.72. The first-order valence-electron chi connectivity index (χ1n) is 4.37. The topological polar surface area (TPSA) is 25.2 Å². The lowest BCUT2D eigenvalue weighted by Gasteiger charge is -2.28. The first kappa shape index (κ1) is 10.6. The fourth-order valence-corrected chi connectivity index (χ4v) is 1.64. The van der Waals surface area contributed by atoms with Crippen molar-refractivity contribution in [2.75, 3.05) is 7.05 Å². The highest BCUT2D eigenvalue weighted by Gasteiger charge is 2.27. The Balaban J connectivity index is 2.91. The molecule has 13 heavy (non-hydrogen) atoms. The summed E-state index contributed by atoms with van der Waals surface area (Å²) in [5.74, 6) is 0.889. The van der Waals surface area contributed by atoms with Gasteiger partial charge in [0.2, 0.25) is 0 Å². The summed E-state index contributed by atoms with van der Waals surface area (Å²) in [7, 11) is 1.92. The second-order valence-electron chi connectivity index (χ2n) is 4.23. The van der Waals surface area contributed by atoms with Gasteiger partial charge in [-0.2, -0.15) is 0 Å². The van der Waals surface area contributed by atoms with Crippen molar-refractivity contribution in [2.45, 2.75) is 26.8 Å². The van der Waals surface area contributed by atoms with Crippen LogP contribution in [0, 0.1) is 5.41 Å². The third kappa shape index (κ3) is 2.48. The van der Waals surface area contributed by atoms with E-state index in [1.165, 1.54) is 0 Å². The maximum Gasteiger partial charge on any atom is 0.193 e. The van der Waals surface area contributed by atoms with Gasteiger partial charge < -0.3 is 9.73 Å². The molecule has 1 rings (SSSR count). The molecule has 0 unspecified atom stereocenters. The lowest BCUT2D eigenvalue weighted by molar-refractivity contribution is 0.250. The largest absolute Gasteiger partial charge is 0.448 e. The molecule has 3 heteroatoms. The minimum Gasteiger partial charge on any atom is -0.448 e. The van der Waals surface area contributed by atoms with Crippen molar-refractivity contribution in [1.82, 2.24) is 5.32 Å². The molecule has 74 valence electrons. The Labute approximate surface area is 84.3 Å². The summed E-state index contributed by atoms with van der Waals surface area (Å²) in [6.07, 6.45) is 0. The Morgan fingerprint density at radius 1 is 1.38 bits per heavy atom. The van der Waals surface area contributed by atoms with Crippen LogP contribution >= 0.6 is 11.6 Å². The molecule has 0 spiro atoms. The average molecular weight is 202 g/mol. The van der Waals surface area contributed by atoms with E-state index >= 15 is 0 Å². The van der Waals surface area contributed by atoms with Crippen LogP contribution in [0.4, 0.5) is 0 Å². The zero-order chi connectivity index (χ0) is 10.1. The fourth-order valence-electron chi connectivity index (χ4n) is 1.49. The van der Waals surface area contributed by atoms with Crippen LogP contribution in [0.2, 0.25) is 5.22 Å². The maximum absolute atomic E-state index is 5.72. The first-order valence-corrected chi connectivity index (χ1v) is 4.75. The second kappa shape index (κ2) is 3.72. The number of rotatable bonds is 2. The summed E-state index contributed by atoms with van der Waals surface area (Å²) in [5.41, 5.74) is 0.121. The van der Waals surface area contributed by atoms with Gasteiger partial charge in [0, 0.05) is 0 Å². The molecule has 1 atom stereocenters. The third-order valence-electron chi connectivity index (χ3n) is 2.03. The number of hydrogen-bond donors (Lipinski definition) is 1. The minimum absolute atomic E-state index is 0.121. The van der Waals surface area contributed by atoms with Gasteiger partial charge in [0.25, 0.3) is 0 Å². The molecule has 0 saturated carbocycles. The van der Waals surface area contributed by atoms with Gasteiger partial charge in [-0.3, -0.25) is 0 Å². The van der Waals surface area contributed by atoms with E-state index in [0.29, 0.717) is 5.22 Å². The van der Waals surface area contributed by atoms with Crippen molar-refractivity contribution < 1.29 is 4.42 Å². The van der Waals surface area contributed by atoms with Gasteiger partial charge in [0.05, 0.1) is 6.04 Å². The monoisotopic (exact) mass is 201 g/mol. The highest BCUT2D eigenvalue weighted by atomic mass is 35.5. The van der Waals surface area contributed by atoms with Crippen LogP contribution in [0.15, 0.2) is 16.5 Å². The Hall–Kier alpha value is -0.470. The van der Waals surface area contributed by atoms with Gasteiger partial charge in [-0.1, -0.05) is 20.8 Å². The van der Waals surface area contributed by atoms with Crippen LogP contribution in [-0.2, 0) is 0 Å². The van der Waals surface area contributed by atoms with Crippen LogP contribution in [0.3, 0.4) is 0 Å². The zero-order valence-corrected chi connectivity index (χ0v) is 9.27. The van der Waals surface area contributed by atoms with E-state index in [2.05, 4.69) is 26.1 Å². The molecule has 0 aliphatic heterocycles. The Morgan fingerprint density at radius 3 is 2.31 bits per heavy atom. The number of halogens is 1. The molecule has 0 amide bonds. The summed E-state index contributed by atoms with van der Waals surface area (Å²) < 4.78 is 5.37. The van der Waals surface area contributed by atoms with E-state index in [-0.39, 0.29) is 11.5 Å². The zero-order valence-electron chi connectivity index (χ0n) is 8.52. The number of nitrogens with one attached hydrogen (secondary N) is 1. The van der Waals surface area contributed by atoms with Crippen molar-refractivity contribution in [2.24, 2.45) is 5.41 Å². The third-order valence-corrected chi connectivity index (χ3v) is 2.24. The fraction of sp³-hybridized carbons (Fsp3) is 0.600. The molecule has 0 aliphatic carbocycles. The highest BCUT2D eigenvalue weighted by molar-refractivity contribution is 6.28. The molecule has 0 aliphatic rings. The first-order chi connectivity index (χ1) is 5.95. The summed E-state index contributed by atoms with van der Waals surface area (Å²) in [6, 6.07) is 3.88.